The third-order valence-electron chi connectivity index (χ3n) is 2.05. The van der Waals surface area contributed by atoms with Gasteiger partial charge < -0.3 is 10.7 Å². The second-order valence-electron chi connectivity index (χ2n) is 4.39. The number of H-pyrrole nitrogens is 1. The van der Waals surface area contributed by atoms with Gasteiger partial charge in [-0.15, -0.1) is 11.3 Å². The smallest absolute Gasteiger partial charge is 0.0950 e. The number of nitrogens with two attached hydrogens (primary N) is 1. The summed E-state index contributed by atoms with van der Waals surface area (Å²) in [5.41, 5.74) is 7.93. The van der Waals surface area contributed by atoms with Crippen molar-refractivity contribution in [3.63, 3.8) is 0 Å². The number of thiazole rings is 1. The highest BCUT2D eigenvalue weighted by molar-refractivity contribution is 7.09. The molecule has 2 aromatic rings. The Morgan fingerprint density at radius 1 is 1.53 bits per heavy atom. The van der Waals surface area contributed by atoms with E-state index in [2.05, 4.69) is 15.3 Å². The third-order valence-corrected chi connectivity index (χ3v) is 2.90. The predicted octanol–water partition coefficient (Wildman–Crippen LogP) is 2.42. The first kappa shape index (κ1) is 10.4. The first-order valence-electron chi connectivity index (χ1n) is 4.91. The van der Waals surface area contributed by atoms with E-state index < -0.39 is 0 Å². The molecule has 2 rings (SSSR count). The molecular formula is C11H15N3S. The van der Waals surface area contributed by atoms with Crippen LogP contribution < -0.4 is 5.73 Å². The van der Waals surface area contributed by atoms with Gasteiger partial charge in [0.15, 0.2) is 0 Å². The summed E-state index contributed by atoms with van der Waals surface area (Å²) in [4.78, 5) is 7.58. The molecule has 0 aromatic carbocycles. The van der Waals surface area contributed by atoms with Crippen LogP contribution in [-0.4, -0.2) is 15.5 Å². The minimum absolute atomic E-state index is 0.187. The van der Waals surface area contributed by atoms with Gasteiger partial charge >= 0.3 is 0 Å². The van der Waals surface area contributed by atoms with Crippen molar-refractivity contribution in [2.75, 3.05) is 0 Å². The topological polar surface area (TPSA) is 54.7 Å². The van der Waals surface area contributed by atoms with E-state index in [1.807, 2.05) is 32.3 Å². The van der Waals surface area contributed by atoms with E-state index in [9.17, 15) is 0 Å². The molecule has 4 heteroatoms. The van der Waals surface area contributed by atoms with Crippen LogP contribution in [0.15, 0.2) is 23.8 Å². The Hall–Kier alpha value is -1.13. The van der Waals surface area contributed by atoms with Crippen molar-refractivity contribution < 1.29 is 0 Å². The molecule has 0 radical (unpaired) electrons. The van der Waals surface area contributed by atoms with E-state index in [4.69, 9.17) is 5.73 Å². The van der Waals surface area contributed by atoms with Gasteiger partial charge in [-0.25, -0.2) is 4.98 Å². The van der Waals surface area contributed by atoms with Gasteiger partial charge in [-0.05, 0) is 19.9 Å². The lowest BCUT2D eigenvalue weighted by Crippen LogP contribution is -2.34. The zero-order valence-electron chi connectivity index (χ0n) is 8.95. The Morgan fingerprint density at radius 3 is 2.93 bits per heavy atom. The average molecular weight is 221 g/mol. The number of hydrogen-bond acceptors (Lipinski definition) is 3. The fourth-order valence-corrected chi connectivity index (χ4v) is 2.44. The number of nitrogens with zero attached hydrogens (tertiary/aromatic N) is 1. The van der Waals surface area contributed by atoms with Crippen molar-refractivity contribution in [2.24, 2.45) is 5.73 Å². The standard InChI is InChI=1S/C11H15N3S/c1-11(2,12)5-10-14-9(7-15-10)8-3-4-13-6-8/h3-4,6-7,13H,5,12H2,1-2H3. The summed E-state index contributed by atoms with van der Waals surface area (Å²) in [5.74, 6) is 0. The molecule has 0 atom stereocenters. The molecule has 15 heavy (non-hydrogen) atoms. The van der Waals surface area contributed by atoms with Crippen LogP contribution in [0.25, 0.3) is 11.3 Å². The van der Waals surface area contributed by atoms with Crippen LogP contribution in [0.1, 0.15) is 18.9 Å². The van der Waals surface area contributed by atoms with Crippen LogP contribution in [-0.2, 0) is 6.42 Å². The zero-order valence-corrected chi connectivity index (χ0v) is 9.77. The van der Waals surface area contributed by atoms with Gasteiger partial charge in [0.1, 0.15) is 0 Å². The van der Waals surface area contributed by atoms with Crippen LogP contribution >= 0.6 is 11.3 Å². The Kier molecular flexibility index (Phi) is 2.63. The van der Waals surface area contributed by atoms with Crippen molar-refractivity contribution in [1.29, 1.82) is 0 Å². The Morgan fingerprint density at radius 2 is 2.33 bits per heavy atom. The highest BCUT2D eigenvalue weighted by Gasteiger charge is 2.14. The fourth-order valence-electron chi connectivity index (χ4n) is 1.40. The molecule has 0 aliphatic heterocycles. The van der Waals surface area contributed by atoms with Crippen molar-refractivity contribution in [3.8, 4) is 11.3 Å². The molecule has 0 saturated carbocycles. The summed E-state index contributed by atoms with van der Waals surface area (Å²) in [6.07, 6.45) is 4.68. The molecule has 2 heterocycles. The first-order valence-corrected chi connectivity index (χ1v) is 5.79. The minimum atomic E-state index is -0.187. The normalized spacial score (nSPS) is 11.9. The third kappa shape index (κ3) is 2.67. The summed E-state index contributed by atoms with van der Waals surface area (Å²) in [6, 6.07) is 2.02. The summed E-state index contributed by atoms with van der Waals surface area (Å²) < 4.78 is 0. The molecule has 0 spiro atoms. The molecule has 80 valence electrons. The van der Waals surface area contributed by atoms with E-state index in [1.54, 1.807) is 11.3 Å². The van der Waals surface area contributed by atoms with Crippen molar-refractivity contribution >= 4 is 11.3 Å². The molecule has 0 unspecified atom stereocenters. The van der Waals surface area contributed by atoms with Gasteiger partial charge in [0.25, 0.3) is 0 Å². The lowest BCUT2D eigenvalue weighted by molar-refractivity contribution is 0.515. The SMILES string of the molecule is CC(C)(N)Cc1nc(-c2cc[nH]c2)cs1. The maximum absolute atomic E-state index is 5.96. The highest BCUT2D eigenvalue weighted by Crippen LogP contribution is 2.23. The van der Waals surface area contributed by atoms with Gasteiger partial charge in [-0.3, -0.25) is 0 Å². The fraction of sp³-hybridized carbons (Fsp3) is 0.364. The number of rotatable bonds is 3. The highest BCUT2D eigenvalue weighted by atomic mass is 32.1. The van der Waals surface area contributed by atoms with Crippen LogP contribution in [0.5, 0.6) is 0 Å². The molecule has 0 aliphatic rings. The quantitative estimate of drug-likeness (QED) is 0.836. The van der Waals surface area contributed by atoms with Crippen LogP contribution in [0, 0.1) is 0 Å². The van der Waals surface area contributed by atoms with Crippen molar-refractivity contribution in [2.45, 2.75) is 25.8 Å². The molecule has 0 saturated heterocycles. The zero-order chi connectivity index (χ0) is 10.9. The molecule has 3 N–H and O–H groups in total. The van der Waals surface area contributed by atoms with Crippen molar-refractivity contribution in [1.82, 2.24) is 9.97 Å². The van der Waals surface area contributed by atoms with Gasteiger partial charge in [0.05, 0.1) is 10.7 Å². The van der Waals surface area contributed by atoms with E-state index in [0.29, 0.717) is 0 Å². The predicted molar refractivity (Wildman–Crippen MR) is 63.9 cm³/mol. The maximum Gasteiger partial charge on any atom is 0.0950 e. The molecular weight excluding hydrogens is 206 g/mol. The van der Waals surface area contributed by atoms with Gasteiger partial charge in [-0.2, -0.15) is 0 Å². The minimum Gasteiger partial charge on any atom is -0.367 e. The van der Waals surface area contributed by atoms with Gasteiger partial charge in [0.2, 0.25) is 0 Å². The van der Waals surface area contributed by atoms with Crippen LogP contribution in [0.2, 0.25) is 0 Å². The monoisotopic (exact) mass is 221 g/mol. The summed E-state index contributed by atoms with van der Waals surface area (Å²) >= 11 is 1.67. The largest absolute Gasteiger partial charge is 0.367 e. The number of aromatic nitrogens is 2. The number of aromatic amines is 1. The van der Waals surface area contributed by atoms with E-state index >= 15 is 0 Å². The Balaban J connectivity index is 2.18. The van der Waals surface area contributed by atoms with Crippen LogP contribution in [0.3, 0.4) is 0 Å². The van der Waals surface area contributed by atoms with E-state index in [1.165, 1.54) is 0 Å². The van der Waals surface area contributed by atoms with Gasteiger partial charge in [-0.1, -0.05) is 0 Å². The number of nitrogens with one attached hydrogen (secondary N) is 1. The molecule has 0 amide bonds. The summed E-state index contributed by atoms with van der Waals surface area (Å²) in [6.45, 7) is 4.04. The Labute approximate surface area is 93.4 Å². The second-order valence-corrected chi connectivity index (χ2v) is 5.33. The molecule has 2 aromatic heterocycles. The molecule has 3 nitrogen and oxygen atoms in total. The summed E-state index contributed by atoms with van der Waals surface area (Å²) in [5, 5.41) is 3.17. The first-order chi connectivity index (χ1) is 7.04. The molecule has 0 bridgehead atoms. The average Bonchev–Trinajstić information content (AvgIpc) is 2.68. The molecule has 0 fully saturated rings. The van der Waals surface area contributed by atoms with Crippen LogP contribution in [0.4, 0.5) is 0 Å². The van der Waals surface area contributed by atoms with Crippen molar-refractivity contribution in [3.05, 3.63) is 28.8 Å². The lowest BCUT2D eigenvalue weighted by atomic mass is 10.0. The number of hydrogen-bond donors (Lipinski definition) is 2. The molecule has 0 aliphatic carbocycles. The van der Waals surface area contributed by atoms with Gasteiger partial charge in [0, 0.05) is 35.3 Å². The maximum atomic E-state index is 5.96. The van der Waals surface area contributed by atoms with E-state index in [0.717, 1.165) is 22.7 Å². The van der Waals surface area contributed by atoms with E-state index in [-0.39, 0.29) is 5.54 Å². The lowest BCUT2D eigenvalue weighted by Gasteiger charge is -2.15. The second kappa shape index (κ2) is 3.79. The summed E-state index contributed by atoms with van der Waals surface area (Å²) in [7, 11) is 0. The Bertz CT molecular complexity index is 423.